The van der Waals surface area contributed by atoms with Gasteiger partial charge < -0.3 is 14.8 Å². The molecule has 0 bridgehead atoms. The van der Waals surface area contributed by atoms with Gasteiger partial charge in [-0.05, 0) is 32.0 Å². The molecule has 0 aliphatic rings. The molecule has 0 spiro atoms. The van der Waals surface area contributed by atoms with Crippen LogP contribution in [0.15, 0.2) is 18.2 Å². The molecule has 0 radical (unpaired) electrons. The van der Waals surface area contributed by atoms with Crippen molar-refractivity contribution in [3.63, 3.8) is 0 Å². The zero-order valence-corrected chi connectivity index (χ0v) is 11.2. The van der Waals surface area contributed by atoms with Gasteiger partial charge in [0.25, 0.3) is 0 Å². The number of ether oxygens (including phenoxy) is 2. The van der Waals surface area contributed by atoms with E-state index in [1.807, 2.05) is 7.05 Å². The van der Waals surface area contributed by atoms with Crippen molar-refractivity contribution in [2.45, 2.75) is 19.9 Å². The average Bonchev–Trinajstić information content (AvgIpc) is 2.31. The first-order valence-electron chi connectivity index (χ1n) is 6.00. The Morgan fingerprint density at radius 1 is 1.24 bits per heavy atom. The second-order valence-electron chi connectivity index (χ2n) is 4.27. The molecule has 1 aromatic carbocycles. The number of aryl methyl sites for hydroxylation is 2. The minimum absolute atomic E-state index is 0.243. The van der Waals surface area contributed by atoms with Crippen LogP contribution in [0.3, 0.4) is 0 Å². The van der Waals surface area contributed by atoms with Gasteiger partial charge in [0.05, 0.1) is 25.9 Å². The number of hydrogen-bond donors (Lipinski definition) is 1. The van der Waals surface area contributed by atoms with Crippen LogP contribution in [0.25, 0.3) is 0 Å². The Labute approximate surface area is 104 Å². The van der Waals surface area contributed by atoms with E-state index in [0.29, 0.717) is 19.8 Å². The lowest BCUT2D eigenvalue weighted by Crippen LogP contribution is -2.23. The molecule has 0 fully saturated rings. The van der Waals surface area contributed by atoms with Gasteiger partial charge in [0.15, 0.2) is 0 Å². The predicted octanol–water partition coefficient (Wildman–Crippen LogP) is 2.23. The van der Waals surface area contributed by atoms with E-state index in [4.69, 9.17) is 9.47 Å². The first kappa shape index (κ1) is 14.2. The maximum atomic E-state index is 5.58. The highest BCUT2D eigenvalue weighted by Gasteiger charge is 2.11. The smallest absolute Gasteiger partial charge is 0.0701 e. The van der Waals surface area contributed by atoms with Crippen LogP contribution in [-0.2, 0) is 9.47 Å². The highest BCUT2D eigenvalue weighted by atomic mass is 16.5. The van der Waals surface area contributed by atoms with Crippen LogP contribution in [0.2, 0.25) is 0 Å². The molecule has 0 saturated heterocycles. The van der Waals surface area contributed by atoms with E-state index in [9.17, 15) is 0 Å². The zero-order valence-electron chi connectivity index (χ0n) is 11.2. The van der Waals surface area contributed by atoms with Crippen molar-refractivity contribution in [1.82, 2.24) is 5.32 Å². The molecule has 0 aromatic heterocycles. The van der Waals surface area contributed by atoms with E-state index < -0.39 is 0 Å². The van der Waals surface area contributed by atoms with Crippen LogP contribution in [0, 0.1) is 13.8 Å². The quantitative estimate of drug-likeness (QED) is 0.738. The van der Waals surface area contributed by atoms with Gasteiger partial charge in [-0.25, -0.2) is 0 Å². The SMILES string of the molecule is CNC(COCCOC)c1ccc(C)cc1C. The summed E-state index contributed by atoms with van der Waals surface area (Å²) in [5.74, 6) is 0. The minimum Gasteiger partial charge on any atom is -0.382 e. The molecule has 0 saturated carbocycles. The van der Waals surface area contributed by atoms with Gasteiger partial charge in [0.1, 0.15) is 0 Å². The largest absolute Gasteiger partial charge is 0.382 e. The maximum absolute atomic E-state index is 5.58. The molecule has 3 nitrogen and oxygen atoms in total. The lowest BCUT2D eigenvalue weighted by Gasteiger charge is -2.19. The van der Waals surface area contributed by atoms with E-state index in [2.05, 4.69) is 37.4 Å². The third kappa shape index (κ3) is 4.46. The summed E-state index contributed by atoms with van der Waals surface area (Å²) in [6.45, 7) is 6.20. The fraction of sp³-hybridized carbons (Fsp3) is 0.571. The minimum atomic E-state index is 0.243. The molecule has 3 heteroatoms. The molecular formula is C14H23NO2. The van der Waals surface area contributed by atoms with Crippen molar-refractivity contribution in [3.05, 3.63) is 34.9 Å². The Kier molecular flexibility index (Phi) is 6.19. The van der Waals surface area contributed by atoms with Gasteiger partial charge in [0, 0.05) is 7.11 Å². The predicted molar refractivity (Wildman–Crippen MR) is 70.4 cm³/mol. The van der Waals surface area contributed by atoms with Crippen LogP contribution in [-0.4, -0.2) is 34.0 Å². The van der Waals surface area contributed by atoms with Crippen molar-refractivity contribution < 1.29 is 9.47 Å². The van der Waals surface area contributed by atoms with Gasteiger partial charge in [-0.3, -0.25) is 0 Å². The number of methoxy groups -OCH3 is 1. The van der Waals surface area contributed by atoms with Gasteiger partial charge >= 0.3 is 0 Å². The summed E-state index contributed by atoms with van der Waals surface area (Å²) in [4.78, 5) is 0. The van der Waals surface area contributed by atoms with Crippen LogP contribution < -0.4 is 5.32 Å². The number of likely N-dealkylation sites (N-methyl/N-ethyl adjacent to an activating group) is 1. The summed E-state index contributed by atoms with van der Waals surface area (Å²) >= 11 is 0. The van der Waals surface area contributed by atoms with E-state index >= 15 is 0 Å². The summed E-state index contributed by atoms with van der Waals surface area (Å²) in [7, 11) is 3.65. The number of rotatable bonds is 7. The molecule has 1 unspecified atom stereocenters. The molecule has 0 aliphatic carbocycles. The van der Waals surface area contributed by atoms with Crippen molar-refractivity contribution >= 4 is 0 Å². The molecule has 96 valence electrons. The van der Waals surface area contributed by atoms with Crippen molar-refractivity contribution in [2.75, 3.05) is 34.0 Å². The summed E-state index contributed by atoms with van der Waals surface area (Å²) in [6.07, 6.45) is 0. The second kappa shape index (κ2) is 7.43. The van der Waals surface area contributed by atoms with Gasteiger partial charge in [-0.1, -0.05) is 23.8 Å². The number of hydrogen-bond acceptors (Lipinski definition) is 3. The van der Waals surface area contributed by atoms with Crippen LogP contribution in [0.4, 0.5) is 0 Å². The molecule has 1 rings (SSSR count). The van der Waals surface area contributed by atoms with E-state index in [-0.39, 0.29) is 6.04 Å². The van der Waals surface area contributed by atoms with Crippen molar-refractivity contribution in [2.24, 2.45) is 0 Å². The molecule has 17 heavy (non-hydrogen) atoms. The Hall–Kier alpha value is -0.900. The molecule has 1 aromatic rings. The fourth-order valence-electron chi connectivity index (χ4n) is 1.89. The fourth-order valence-corrected chi connectivity index (χ4v) is 1.89. The normalized spacial score (nSPS) is 12.7. The zero-order chi connectivity index (χ0) is 12.7. The van der Waals surface area contributed by atoms with Crippen LogP contribution in [0.5, 0.6) is 0 Å². The highest BCUT2D eigenvalue weighted by Crippen LogP contribution is 2.19. The van der Waals surface area contributed by atoms with E-state index in [1.165, 1.54) is 16.7 Å². The number of benzene rings is 1. The Bertz CT molecular complexity index is 339. The second-order valence-corrected chi connectivity index (χ2v) is 4.27. The lowest BCUT2D eigenvalue weighted by molar-refractivity contribution is 0.0595. The summed E-state index contributed by atoms with van der Waals surface area (Å²) in [5, 5.41) is 3.29. The standard InChI is InChI=1S/C14H23NO2/c1-11-5-6-13(12(2)9-11)14(15-3)10-17-8-7-16-4/h5-6,9,14-15H,7-8,10H2,1-4H3. The first-order valence-corrected chi connectivity index (χ1v) is 6.00. The summed E-state index contributed by atoms with van der Waals surface area (Å²) < 4.78 is 10.5. The molecule has 1 N–H and O–H groups in total. The van der Waals surface area contributed by atoms with E-state index in [0.717, 1.165) is 0 Å². The summed E-state index contributed by atoms with van der Waals surface area (Å²) in [6, 6.07) is 6.76. The highest BCUT2D eigenvalue weighted by molar-refractivity contribution is 5.32. The monoisotopic (exact) mass is 237 g/mol. The maximum Gasteiger partial charge on any atom is 0.0701 e. The van der Waals surface area contributed by atoms with Crippen molar-refractivity contribution in [1.29, 1.82) is 0 Å². The Morgan fingerprint density at radius 3 is 2.59 bits per heavy atom. The van der Waals surface area contributed by atoms with Crippen LogP contribution in [0.1, 0.15) is 22.7 Å². The third-order valence-electron chi connectivity index (χ3n) is 2.87. The number of nitrogens with one attached hydrogen (secondary N) is 1. The molecule has 0 amide bonds. The third-order valence-corrected chi connectivity index (χ3v) is 2.87. The average molecular weight is 237 g/mol. The van der Waals surface area contributed by atoms with Gasteiger partial charge in [0.2, 0.25) is 0 Å². The molecule has 0 aliphatic heterocycles. The van der Waals surface area contributed by atoms with Gasteiger partial charge in [-0.2, -0.15) is 0 Å². The first-order chi connectivity index (χ1) is 8.19. The van der Waals surface area contributed by atoms with Crippen LogP contribution >= 0.6 is 0 Å². The van der Waals surface area contributed by atoms with Crippen molar-refractivity contribution in [3.8, 4) is 0 Å². The molecule has 0 heterocycles. The lowest BCUT2D eigenvalue weighted by atomic mass is 10.00. The van der Waals surface area contributed by atoms with Gasteiger partial charge in [-0.15, -0.1) is 0 Å². The summed E-state index contributed by atoms with van der Waals surface area (Å²) in [5.41, 5.74) is 3.90. The topological polar surface area (TPSA) is 30.5 Å². The molecule has 1 atom stereocenters. The Morgan fingerprint density at radius 2 is 2.00 bits per heavy atom. The Balaban J connectivity index is 2.59. The van der Waals surface area contributed by atoms with E-state index in [1.54, 1.807) is 7.11 Å². The molecular weight excluding hydrogens is 214 g/mol.